The van der Waals surface area contributed by atoms with E-state index in [1.807, 2.05) is 13.8 Å². The van der Waals surface area contributed by atoms with Gasteiger partial charge in [0.1, 0.15) is 0 Å². The summed E-state index contributed by atoms with van der Waals surface area (Å²) in [5, 5.41) is 0. The molecule has 0 saturated heterocycles. The molecule has 13 heavy (non-hydrogen) atoms. The molecular weight excluding hydrogens is 162 g/mol. The normalized spacial score (nSPS) is 26.1. The second-order valence-corrected chi connectivity index (χ2v) is 4.87. The van der Waals surface area contributed by atoms with E-state index in [1.165, 1.54) is 0 Å². The predicted octanol–water partition coefficient (Wildman–Crippen LogP) is 2.00. The van der Waals surface area contributed by atoms with Crippen molar-refractivity contribution in [3.63, 3.8) is 0 Å². The van der Waals surface area contributed by atoms with Crippen LogP contribution in [0.3, 0.4) is 0 Å². The van der Waals surface area contributed by atoms with Crippen LogP contribution in [-0.2, 0) is 4.79 Å². The highest BCUT2D eigenvalue weighted by Gasteiger charge is 2.32. The zero-order chi connectivity index (χ0) is 10.2. The first-order valence-electron chi connectivity index (χ1n) is 4.80. The molecule has 1 aliphatic rings. The summed E-state index contributed by atoms with van der Waals surface area (Å²) in [5.74, 6) is 0.235. The molecule has 0 saturated carbocycles. The van der Waals surface area contributed by atoms with Gasteiger partial charge in [0.05, 0.1) is 6.04 Å². The molecule has 0 aromatic carbocycles. The van der Waals surface area contributed by atoms with Gasteiger partial charge in [-0.2, -0.15) is 0 Å². The van der Waals surface area contributed by atoms with Gasteiger partial charge in [0.25, 0.3) is 0 Å². The lowest BCUT2D eigenvalue weighted by Crippen LogP contribution is -2.52. The second-order valence-electron chi connectivity index (χ2n) is 4.87. The Morgan fingerprint density at radius 1 is 1.46 bits per heavy atom. The van der Waals surface area contributed by atoms with Crippen molar-refractivity contribution in [1.29, 1.82) is 0 Å². The molecule has 74 valence electrons. The van der Waals surface area contributed by atoms with Crippen LogP contribution in [0.1, 0.15) is 34.6 Å². The Bertz CT molecular complexity index is 247. The first kappa shape index (κ1) is 10.5. The third-order valence-corrected chi connectivity index (χ3v) is 2.55. The van der Waals surface area contributed by atoms with E-state index >= 15 is 0 Å². The van der Waals surface area contributed by atoms with E-state index in [1.54, 1.807) is 6.08 Å². The van der Waals surface area contributed by atoms with Crippen LogP contribution in [-0.4, -0.2) is 28.8 Å². The largest absolute Gasteiger partial charge is 0.293 e. The highest BCUT2D eigenvalue weighted by Crippen LogP contribution is 2.22. The molecule has 1 heterocycles. The molecule has 0 aliphatic carbocycles. The number of nitrogens with zero attached hydrogens (tertiary/aromatic N) is 1. The quantitative estimate of drug-likeness (QED) is 0.569. The molecule has 0 radical (unpaired) electrons. The molecular formula is C11H19NO. The maximum atomic E-state index is 11.5. The predicted molar refractivity (Wildman–Crippen MR) is 54.7 cm³/mol. The molecule has 1 atom stereocenters. The molecule has 2 nitrogen and oxygen atoms in total. The zero-order valence-electron chi connectivity index (χ0n) is 9.22. The maximum absolute atomic E-state index is 11.5. The standard InChI is InChI=1S/C11H19NO/c1-8-6-10(13)9(2)12(7-8)11(3,4)5/h6,9H,7H2,1-5H3/t9-/m1/s1. The summed E-state index contributed by atoms with van der Waals surface area (Å²) in [6.07, 6.45) is 1.77. The van der Waals surface area contributed by atoms with Gasteiger partial charge in [-0.15, -0.1) is 0 Å². The highest BCUT2D eigenvalue weighted by molar-refractivity contribution is 5.95. The Balaban J connectivity index is 2.91. The maximum Gasteiger partial charge on any atom is 0.172 e. The van der Waals surface area contributed by atoms with Gasteiger partial charge >= 0.3 is 0 Å². The van der Waals surface area contributed by atoms with E-state index < -0.39 is 0 Å². The van der Waals surface area contributed by atoms with E-state index in [2.05, 4.69) is 25.7 Å². The molecule has 0 unspecified atom stereocenters. The van der Waals surface area contributed by atoms with Crippen LogP contribution in [0, 0.1) is 0 Å². The first-order valence-corrected chi connectivity index (χ1v) is 4.80. The summed E-state index contributed by atoms with van der Waals surface area (Å²) < 4.78 is 0. The number of rotatable bonds is 0. The number of hydrogen-bond acceptors (Lipinski definition) is 2. The van der Waals surface area contributed by atoms with Gasteiger partial charge in [0.2, 0.25) is 0 Å². The van der Waals surface area contributed by atoms with Crippen LogP contribution >= 0.6 is 0 Å². The summed E-state index contributed by atoms with van der Waals surface area (Å²) >= 11 is 0. The van der Waals surface area contributed by atoms with Crippen LogP contribution in [0.5, 0.6) is 0 Å². The SMILES string of the molecule is CC1=CC(=O)[C@@H](C)N(C(C)(C)C)C1. The van der Waals surface area contributed by atoms with Gasteiger partial charge in [-0.1, -0.05) is 5.57 Å². The molecule has 1 aliphatic heterocycles. The lowest BCUT2D eigenvalue weighted by molar-refractivity contribution is -0.121. The monoisotopic (exact) mass is 181 g/mol. The summed E-state index contributed by atoms with van der Waals surface area (Å²) in [6.45, 7) is 11.4. The minimum atomic E-state index is 0.0312. The Hall–Kier alpha value is -0.630. The van der Waals surface area contributed by atoms with Crippen molar-refractivity contribution in [2.24, 2.45) is 0 Å². The Morgan fingerprint density at radius 2 is 2.00 bits per heavy atom. The van der Waals surface area contributed by atoms with Gasteiger partial charge in [-0.25, -0.2) is 0 Å². The lowest BCUT2D eigenvalue weighted by Gasteiger charge is -2.41. The molecule has 0 aromatic rings. The molecule has 0 amide bonds. The Morgan fingerprint density at radius 3 is 2.46 bits per heavy atom. The minimum absolute atomic E-state index is 0.0312. The zero-order valence-corrected chi connectivity index (χ0v) is 9.22. The van der Waals surface area contributed by atoms with E-state index in [0.717, 1.165) is 12.1 Å². The molecule has 0 bridgehead atoms. The van der Waals surface area contributed by atoms with Crippen molar-refractivity contribution in [2.75, 3.05) is 6.54 Å². The van der Waals surface area contributed by atoms with Gasteiger partial charge in [0, 0.05) is 12.1 Å². The smallest absolute Gasteiger partial charge is 0.172 e. The van der Waals surface area contributed by atoms with Gasteiger partial charge in [0.15, 0.2) is 5.78 Å². The molecule has 0 N–H and O–H groups in total. The molecule has 0 fully saturated rings. The Labute approximate surface area is 80.6 Å². The fraction of sp³-hybridized carbons (Fsp3) is 0.727. The van der Waals surface area contributed by atoms with E-state index in [-0.39, 0.29) is 17.4 Å². The van der Waals surface area contributed by atoms with Crippen LogP contribution in [0.25, 0.3) is 0 Å². The fourth-order valence-corrected chi connectivity index (χ4v) is 1.79. The van der Waals surface area contributed by atoms with Crippen LogP contribution in [0.4, 0.5) is 0 Å². The topological polar surface area (TPSA) is 20.3 Å². The average Bonchev–Trinajstić information content (AvgIpc) is 1.94. The first-order chi connectivity index (χ1) is 5.82. The van der Waals surface area contributed by atoms with Gasteiger partial charge < -0.3 is 0 Å². The van der Waals surface area contributed by atoms with Crippen molar-refractivity contribution in [3.8, 4) is 0 Å². The van der Waals surface area contributed by atoms with Crippen LogP contribution in [0.2, 0.25) is 0 Å². The molecule has 0 aromatic heterocycles. The lowest BCUT2D eigenvalue weighted by atomic mass is 9.96. The van der Waals surface area contributed by atoms with Crippen molar-refractivity contribution in [2.45, 2.75) is 46.2 Å². The summed E-state index contributed by atoms with van der Waals surface area (Å²) in [7, 11) is 0. The van der Waals surface area contributed by atoms with E-state index in [0.29, 0.717) is 0 Å². The summed E-state index contributed by atoms with van der Waals surface area (Å²) in [4.78, 5) is 13.8. The van der Waals surface area contributed by atoms with Gasteiger partial charge in [-0.05, 0) is 40.7 Å². The van der Waals surface area contributed by atoms with Crippen molar-refractivity contribution in [1.82, 2.24) is 4.90 Å². The number of carbonyl (C=O) groups excluding carboxylic acids is 1. The van der Waals surface area contributed by atoms with Crippen molar-refractivity contribution >= 4 is 5.78 Å². The minimum Gasteiger partial charge on any atom is -0.293 e. The van der Waals surface area contributed by atoms with E-state index in [4.69, 9.17) is 0 Å². The molecule has 1 rings (SSSR count). The second kappa shape index (κ2) is 3.26. The third kappa shape index (κ3) is 2.19. The van der Waals surface area contributed by atoms with E-state index in [9.17, 15) is 4.79 Å². The number of carbonyl (C=O) groups is 1. The number of ketones is 1. The van der Waals surface area contributed by atoms with Crippen LogP contribution in [0.15, 0.2) is 11.6 Å². The Kier molecular flexibility index (Phi) is 2.62. The molecule has 2 heteroatoms. The van der Waals surface area contributed by atoms with Crippen molar-refractivity contribution < 1.29 is 4.79 Å². The highest BCUT2D eigenvalue weighted by atomic mass is 16.1. The summed E-state index contributed by atoms with van der Waals surface area (Å²) in [6, 6.07) is 0.0312. The fourth-order valence-electron chi connectivity index (χ4n) is 1.79. The average molecular weight is 181 g/mol. The summed E-state index contributed by atoms with van der Waals surface area (Å²) in [5.41, 5.74) is 1.24. The van der Waals surface area contributed by atoms with Crippen LogP contribution < -0.4 is 0 Å². The van der Waals surface area contributed by atoms with Gasteiger partial charge in [-0.3, -0.25) is 9.69 Å². The molecule has 0 spiro atoms. The number of hydrogen-bond donors (Lipinski definition) is 0. The van der Waals surface area contributed by atoms with Crippen molar-refractivity contribution in [3.05, 3.63) is 11.6 Å². The third-order valence-electron chi connectivity index (χ3n) is 2.55.